The van der Waals surface area contributed by atoms with Crippen molar-refractivity contribution in [3.63, 3.8) is 0 Å². The van der Waals surface area contributed by atoms with Crippen molar-refractivity contribution in [2.45, 2.75) is 32.4 Å². The fourth-order valence-corrected chi connectivity index (χ4v) is 2.96. The number of hydrogen-bond donors (Lipinski definition) is 2. The summed E-state index contributed by atoms with van der Waals surface area (Å²) < 4.78 is 41.6. The number of benzene rings is 1. The number of nitrogens with one attached hydrogen (secondary N) is 1. The van der Waals surface area contributed by atoms with E-state index in [0.717, 1.165) is 19.3 Å². The highest BCUT2D eigenvalue weighted by Crippen LogP contribution is 2.33. The fraction of sp³-hybridized carbons (Fsp3) is 0.562. The van der Waals surface area contributed by atoms with E-state index in [9.17, 15) is 18.0 Å². The van der Waals surface area contributed by atoms with Gasteiger partial charge in [0.25, 0.3) is 0 Å². The Hall–Kier alpha value is -1.47. The topological polar surface area (TPSA) is 64.4 Å². The minimum atomic E-state index is -4.40. The number of ether oxygens (including phenoxy) is 1. The minimum Gasteiger partial charge on any atom is -0.484 e. The predicted octanol–water partition coefficient (Wildman–Crippen LogP) is 3.67. The van der Waals surface area contributed by atoms with E-state index in [-0.39, 0.29) is 35.9 Å². The van der Waals surface area contributed by atoms with Crippen molar-refractivity contribution in [3.05, 3.63) is 23.8 Å². The van der Waals surface area contributed by atoms with Crippen molar-refractivity contribution in [3.8, 4) is 5.75 Å². The molecule has 1 amide bonds. The van der Waals surface area contributed by atoms with Crippen LogP contribution in [-0.2, 0) is 4.79 Å². The number of rotatable bonds is 5. The van der Waals surface area contributed by atoms with Crippen LogP contribution >= 0.6 is 12.4 Å². The van der Waals surface area contributed by atoms with Crippen molar-refractivity contribution in [2.24, 2.45) is 17.6 Å². The number of nitrogens with two attached hydrogens (primary N) is 1. The highest BCUT2D eigenvalue weighted by atomic mass is 35.5. The number of carbonyl (C=O) groups is 1. The summed E-state index contributed by atoms with van der Waals surface area (Å²) in [6.07, 6.45) is -1.71. The van der Waals surface area contributed by atoms with Crippen LogP contribution in [0.25, 0.3) is 0 Å². The predicted molar refractivity (Wildman–Crippen MR) is 88.5 cm³/mol. The third-order valence-corrected chi connectivity index (χ3v) is 4.23. The first-order valence-corrected chi connectivity index (χ1v) is 7.62. The molecule has 0 heterocycles. The number of hydrogen-bond acceptors (Lipinski definition) is 3. The first kappa shape index (κ1) is 20.6. The molecule has 8 heteroatoms. The Morgan fingerprint density at radius 3 is 2.71 bits per heavy atom. The third kappa shape index (κ3) is 5.27. The summed E-state index contributed by atoms with van der Waals surface area (Å²) >= 11 is 0. The molecular formula is C16H22ClF3N2O2. The molecule has 2 atom stereocenters. The average Bonchev–Trinajstić information content (AvgIpc) is 2.95. The molecule has 0 bridgehead atoms. The zero-order valence-corrected chi connectivity index (χ0v) is 14.2. The van der Waals surface area contributed by atoms with Crippen LogP contribution in [0, 0.1) is 18.8 Å². The van der Waals surface area contributed by atoms with Crippen LogP contribution in [0.3, 0.4) is 0 Å². The molecule has 0 unspecified atom stereocenters. The second-order valence-electron chi connectivity index (χ2n) is 5.85. The molecule has 0 aromatic heterocycles. The van der Waals surface area contributed by atoms with Gasteiger partial charge in [0.15, 0.2) is 6.61 Å². The highest BCUT2D eigenvalue weighted by molar-refractivity contribution is 5.94. The first-order chi connectivity index (χ1) is 10.8. The van der Waals surface area contributed by atoms with Gasteiger partial charge in [0.1, 0.15) is 5.75 Å². The maximum Gasteiger partial charge on any atom is 0.422 e. The Labute approximate surface area is 145 Å². The van der Waals surface area contributed by atoms with Crippen LogP contribution in [0.5, 0.6) is 5.75 Å². The van der Waals surface area contributed by atoms with Gasteiger partial charge >= 0.3 is 6.18 Å². The molecule has 1 aromatic rings. The van der Waals surface area contributed by atoms with Gasteiger partial charge in [0.05, 0.1) is 0 Å². The number of anilines is 1. The lowest BCUT2D eigenvalue weighted by Crippen LogP contribution is -2.30. The molecule has 4 nitrogen and oxygen atoms in total. The van der Waals surface area contributed by atoms with Crippen molar-refractivity contribution in [2.75, 3.05) is 18.5 Å². The van der Waals surface area contributed by atoms with Crippen LogP contribution in [0.4, 0.5) is 18.9 Å². The van der Waals surface area contributed by atoms with Crippen molar-refractivity contribution in [1.29, 1.82) is 0 Å². The maximum atomic E-state index is 12.4. The molecule has 1 saturated carbocycles. The Balaban J connectivity index is 0.00000288. The van der Waals surface area contributed by atoms with Gasteiger partial charge in [-0.3, -0.25) is 4.79 Å². The molecule has 1 aliphatic carbocycles. The lowest BCUT2D eigenvalue weighted by Gasteiger charge is -2.19. The first-order valence-electron chi connectivity index (χ1n) is 7.62. The summed E-state index contributed by atoms with van der Waals surface area (Å²) in [5, 5.41) is 2.80. The number of halogens is 4. The van der Waals surface area contributed by atoms with E-state index in [1.54, 1.807) is 19.1 Å². The van der Waals surface area contributed by atoms with E-state index in [1.807, 2.05) is 0 Å². The largest absolute Gasteiger partial charge is 0.484 e. The smallest absolute Gasteiger partial charge is 0.422 e. The standard InChI is InChI=1S/C16H21F3N2O2.ClH/c1-10-13(6-3-7-14(10)23-9-16(17,18)19)21-15(22)12-5-2-4-11(12)8-20;/h3,6-7,11-12H,2,4-5,8-9,20H2,1H3,(H,21,22);1H/t11-,12-;/m1./s1. The molecule has 0 saturated heterocycles. The third-order valence-electron chi connectivity index (χ3n) is 4.23. The Morgan fingerprint density at radius 2 is 2.08 bits per heavy atom. The second-order valence-corrected chi connectivity index (χ2v) is 5.85. The lowest BCUT2D eigenvalue weighted by molar-refractivity contribution is -0.153. The monoisotopic (exact) mass is 366 g/mol. The molecule has 0 spiro atoms. The van der Waals surface area contributed by atoms with Crippen LogP contribution < -0.4 is 15.8 Å². The molecule has 3 N–H and O–H groups in total. The van der Waals surface area contributed by atoms with Gasteiger partial charge in [0.2, 0.25) is 5.91 Å². The quantitative estimate of drug-likeness (QED) is 0.835. The van der Waals surface area contributed by atoms with Gasteiger partial charge in [0, 0.05) is 17.2 Å². The second kappa shape index (κ2) is 8.58. The molecule has 136 valence electrons. The van der Waals surface area contributed by atoms with Gasteiger partial charge in [-0.25, -0.2) is 0 Å². The summed E-state index contributed by atoms with van der Waals surface area (Å²) in [6.45, 7) is 0.727. The Kier molecular flexibility index (Phi) is 7.35. The van der Waals surface area contributed by atoms with Crippen LogP contribution in [0.2, 0.25) is 0 Å². The summed E-state index contributed by atoms with van der Waals surface area (Å²) in [6, 6.07) is 4.67. The van der Waals surface area contributed by atoms with Crippen molar-refractivity contribution in [1.82, 2.24) is 0 Å². The van der Waals surface area contributed by atoms with Crippen LogP contribution in [0.15, 0.2) is 18.2 Å². The average molecular weight is 367 g/mol. The lowest BCUT2D eigenvalue weighted by atomic mass is 9.95. The Bertz CT molecular complexity index is 567. The molecule has 0 aliphatic heterocycles. The number of carbonyl (C=O) groups excluding carboxylic acids is 1. The van der Waals surface area contributed by atoms with E-state index >= 15 is 0 Å². The molecule has 1 fully saturated rings. The van der Waals surface area contributed by atoms with Crippen LogP contribution in [-0.4, -0.2) is 25.2 Å². The Morgan fingerprint density at radius 1 is 1.38 bits per heavy atom. The van der Waals surface area contributed by atoms with Gasteiger partial charge in [-0.15, -0.1) is 12.4 Å². The summed E-state index contributed by atoms with van der Waals surface area (Å²) in [5.41, 5.74) is 6.63. The van der Waals surface area contributed by atoms with Gasteiger partial charge < -0.3 is 15.8 Å². The number of amides is 1. The van der Waals surface area contributed by atoms with Gasteiger partial charge in [-0.2, -0.15) is 13.2 Å². The molecular weight excluding hydrogens is 345 g/mol. The highest BCUT2D eigenvalue weighted by Gasteiger charge is 2.32. The molecule has 24 heavy (non-hydrogen) atoms. The number of alkyl halides is 3. The summed E-state index contributed by atoms with van der Waals surface area (Å²) in [5.74, 6) is 0.00932. The van der Waals surface area contributed by atoms with E-state index in [0.29, 0.717) is 17.8 Å². The summed E-state index contributed by atoms with van der Waals surface area (Å²) in [4.78, 5) is 12.4. The molecule has 1 aliphatic rings. The van der Waals surface area contributed by atoms with Crippen molar-refractivity contribution < 1.29 is 22.7 Å². The summed E-state index contributed by atoms with van der Waals surface area (Å²) in [7, 11) is 0. The van der Waals surface area contributed by atoms with E-state index < -0.39 is 12.8 Å². The van der Waals surface area contributed by atoms with Crippen LogP contribution in [0.1, 0.15) is 24.8 Å². The molecule has 1 aromatic carbocycles. The normalized spacial score (nSPS) is 20.4. The van der Waals surface area contributed by atoms with Crippen molar-refractivity contribution >= 4 is 24.0 Å². The van der Waals surface area contributed by atoms with E-state index in [1.165, 1.54) is 6.07 Å². The fourth-order valence-electron chi connectivity index (χ4n) is 2.96. The van der Waals surface area contributed by atoms with E-state index in [4.69, 9.17) is 10.5 Å². The minimum absolute atomic E-state index is 0. The SMILES string of the molecule is Cc1c(NC(=O)[C@@H]2CCC[C@@H]2CN)cccc1OCC(F)(F)F.Cl. The zero-order chi connectivity index (χ0) is 17.0. The van der Waals surface area contributed by atoms with E-state index in [2.05, 4.69) is 5.32 Å². The molecule has 2 rings (SSSR count). The molecule has 0 radical (unpaired) electrons. The maximum absolute atomic E-state index is 12.4. The van der Waals surface area contributed by atoms with Gasteiger partial charge in [-0.1, -0.05) is 12.5 Å². The van der Waals surface area contributed by atoms with Gasteiger partial charge in [-0.05, 0) is 44.4 Å². The zero-order valence-electron chi connectivity index (χ0n) is 13.4.